The highest BCUT2D eigenvalue weighted by Gasteiger charge is 2.42. The van der Waals surface area contributed by atoms with E-state index in [1.165, 1.54) is 81.6 Å². The van der Waals surface area contributed by atoms with E-state index in [1.54, 1.807) is 0 Å². The fourth-order valence-corrected chi connectivity index (χ4v) is 10.8. The van der Waals surface area contributed by atoms with Gasteiger partial charge in [0, 0.05) is 32.5 Å². The Bertz CT molecular complexity index is 3760. The standard InChI is InChI=1S/C55H35N3/c1-55(2)49-43(47-41-26-13-12-25-40(41)46-38-23-10-8-20-35(38)36-21-9-11-24-39(36)48(46)50(47)55)31-30-42-37-22-14-15-27-45(37)58(53(42)49)54-56-51(33-17-4-3-5-18-33)44-29-28-32-16-6-7-19-34(32)52(44)57-54/h3-31H,1-2H3. The summed E-state index contributed by atoms with van der Waals surface area (Å²) >= 11 is 0. The number of hydrogen-bond acceptors (Lipinski definition) is 2. The molecule has 1 aliphatic carbocycles. The maximum atomic E-state index is 5.58. The summed E-state index contributed by atoms with van der Waals surface area (Å²) in [5.41, 5.74) is 10.1. The van der Waals surface area contributed by atoms with Gasteiger partial charge in [0.15, 0.2) is 0 Å². The van der Waals surface area contributed by atoms with E-state index in [1.807, 2.05) is 0 Å². The third-order valence-corrected chi connectivity index (χ3v) is 13.1. The Hall–Kier alpha value is -7.36. The Morgan fingerprint density at radius 2 is 0.983 bits per heavy atom. The fraction of sp³-hybridized carbons (Fsp3) is 0.0545. The van der Waals surface area contributed by atoms with Crippen LogP contribution in [0.5, 0.6) is 0 Å². The molecule has 0 N–H and O–H groups in total. The lowest BCUT2D eigenvalue weighted by Gasteiger charge is -2.27. The SMILES string of the molecule is CC1(C)c2c(c3ccccc3c3c4ccccc4c4ccccc4c23)-c2ccc3c4ccccc4n(-c4nc(-c5ccccc5)c5ccc6ccccc6c5n4)c3c21. The van der Waals surface area contributed by atoms with Gasteiger partial charge in [-0.05, 0) is 82.9 Å². The van der Waals surface area contributed by atoms with Crippen LogP contribution in [0.25, 0.3) is 115 Å². The zero-order chi connectivity index (χ0) is 38.3. The van der Waals surface area contributed by atoms with E-state index in [2.05, 4.69) is 194 Å². The summed E-state index contributed by atoms with van der Waals surface area (Å²) in [6.07, 6.45) is 0. The van der Waals surface area contributed by atoms with Crippen LogP contribution in [-0.2, 0) is 5.41 Å². The highest BCUT2D eigenvalue weighted by atomic mass is 15.2. The van der Waals surface area contributed by atoms with Gasteiger partial charge in [-0.15, -0.1) is 0 Å². The molecule has 0 radical (unpaired) electrons. The Morgan fingerprint density at radius 3 is 1.72 bits per heavy atom. The summed E-state index contributed by atoms with van der Waals surface area (Å²) in [6, 6.07) is 64.2. The average molecular weight is 738 g/mol. The van der Waals surface area contributed by atoms with E-state index < -0.39 is 5.41 Å². The minimum Gasteiger partial charge on any atom is -0.278 e. The van der Waals surface area contributed by atoms with Crippen molar-refractivity contribution in [1.29, 1.82) is 0 Å². The summed E-state index contributed by atoms with van der Waals surface area (Å²) in [4.78, 5) is 11.2. The van der Waals surface area contributed by atoms with Gasteiger partial charge in [-0.25, -0.2) is 9.97 Å². The smallest absolute Gasteiger partial charge is 0.235 e. The first kappa shape index (κ1) is 31.8. The molecular weight excluding hydrogens is 703 g/mol. The zero-order valence-corrected chi connectivity index (χ0v) is 32.1. The number of para-hydroxylation sites is 1. The topological polar surface area (TPSA) is 30.7 Å². The fourth-order valence-electron chi connectivity index (χ4n) is 10.8. The minimum absolute atomic E-state index is 0.393. The van der Waals surface area contributed by atoms with E-state index in [4.69, 9.17) is 9.97 Å². The lowest BCUT2D eigenvalue weighted by Crippen LogP contribution is -2.18. The molecule has 2 aromatic heterocycles. The Kier molecular flexibility index (Phi) is 6.23. The van der Waals surface area contributed by atoms with Crippen LogP contribution in [0.1, 0.15) is 25.0 Å². The van der Waals surface area contributed by atoms with Gasteiger partial charge in [0.1, 0.15) is 0 Å². The zero-order valence-electron chi connectivity index (χ0n) is 32.1. The summed E-state index contributed by atoms with van der Waals surface area (Å²) in [5, 5.41) is 16.2. The lowest BCUT2D eigenvalue weighted by molar-refractivity contribution is 0.670. The van der Waals surface area contributed by atoms with Crippen LogP contribution in [0.2, 0.25) is 0 Å². The molecule has 3 heteroatoms. The van der Waals surface area contributed by atoms with Crippen molar-refractivity contribution in [3.63, 3.8) is 0 Å². The van der Waals surface area contributed by atoms with Crippen molar-refractivity contribution in [2.45, 2.75) is 19.3 Å². The van der Waals surface area contributed by atoms with Gasteiger partial charge in [-0.2, -0.15) is 0 Å². The molecule has 0 bridgehead atoms. The molecule has 1 aliphatic rings. The number of aromatic nitrogens is 3. The molecule has 3 nitrogen and oxygen atoms in total. The van der Waals surface area contributed by atoms with Crippen LogP contribution in [0.15, 0.2) is 176 Å². The maximum absolute atomic E-state index is 5.58. The molecule has 0 amide bonds. The Labute approximate surface area is 334 Å². The normalized spacial score (nSPS) is 13.5. The molecule has 12 aromatic rings. The van der Waals surface area contributed by atoms with Gasteiger partial charge in [0.25, 0.3) is 0 Å². The summed E-state index contributed by atoms with van der Waals surface area (Å²) in [6.45, 7) is 4.89. The lowest BCUT2D eigenvalue weighted by atomic mass is 9.76. The Balaban J connectivity index is 1.23. The molecule has 0 fully saturated rings. The van der Waals surface area contributed by atoms with E-state index in [0.29, 0.717) is 5.95 Å². The summed E-state index contributed by atoms with van der Waals surface area (Å²) in [7, 11) is 0. The van der Waals surface area contributed by atoms with Crippen LogP contribution >= 0.6 is 0 Å². The van der Waals surface area contributed by atoms with Gasteiger partial charge in [0.2, 0.25) is 5.95 Å². The van der Waals surface area contributed by atoms with Crippen molar-refractivity contribution >= 4 is 86.6 Å². The van der Waals surface area contributed by atoms with Gasteiger partial charge in [-0.1, -0.05) is 178 Å². The van der Waals surface area contributed by atoms with Crippen molar-refractivity contribution in [2.75, 3.05) is 0 Å². The molecule has 270 valence electrons. The second-order valence-corrected chi connectivity index (χ2v) is 16.4. The molecule has 0 spiro atoms. The predicted octanol–water partition coefficient (Wildman–Crippen LogP) is 14.5. The molecule has 0 unspecified atom stereocenters. The van der Waals surface area contributed by atoms with Crippen molar-refractivity contribution in [1.82, 2.24) is 14.5 Å². The van der Waals surface area contributed by atoms with Crippen LogP contribution in [0, 0.1) is 0 Å². The second kappa shape index (κ2) is 11.4. The second-order valence-electron chi connectivity index (χ2n) is 16.4. The molecule has 13 rings (SSSR count). The van der Waals surface area contributed by atoms with E-state index in [9.17, 15) is 0 Å². The summed E-state index contributed by atoms with van der Waals surface area (Å²) in [5.74, 6) is 0.681. The first-order valence-corrected chi connectivity index (χ1v) is 20.2. The molecule has 0 saturated carbocycles. The van der Waals surface area contributed by atoms with Crippen molar-refractivity contribution in [3.8, 4) is 28.3 Å². The predicted molar refractivity (Wildman–Crippen MR) is 244 cm³/mol. The van der Waals surface area contributed by atoms with Gasteiger partial charge in [-0.3, -0.25) is 4.57 Å². The van der Waals surface area contributed by atoms with Gasteiger partial charge >= 0.3 is 0 Å². The first-order chi connectivity index (χ1) is 28.6. The van der Waals surface area contributed by atoms with Crippen LogP contribution in [-0.4, -0.2) is 14.5 Å². The third kappa shape index (κ3) is 4.02. The van der Waals surface area contributed by atoms with Gasteiger partial charge in [0.05, 0.1) is 22.2 Å². The van der Waals surface area contributed by atoms with Crippen molar-refractivity contribution in [2.24, 2.45) is 0 Å². The summed E-state index contributed by atoms with van der Waals surface area (Å²) < 4.78 is 2.38. The molecule has 0 saturated heterocycles. The highest BCUT2D eigenvalue weighted by molar-refractivity contribution is 6.35. The Morgan fingerprint density at radius 1 is 0.414 bits per heavy atom. The van der Waals surface area contributed by atoms with E-state index in [0.717, 1.165) is 38.4 Å². The van der Waals surface area contributed by atoms with Crippen LogP contribution in [0.3, 0.4) is 0 Å². The number of hydrogen-bond donors (Lipinski definition) is 0. The third-order valence-electron chi connectivity index (χ3n) is 13.1. The number of fused-ring (bicyclic) bond motifs is 20. The number of nitrogens with zero attached hydrogens (tertiary/aromatic N) is 3. The van der Waals surface area contributed by atoms with E-state index in [-0.39, 0.29) is 0 Å². The van der Waals surface area contributed by atoms with Gasteiger partial charge < -0.3 is 0 Å². The monoisotopic (exact) mass is 737 g/mol. The van der Waals surface area contributed by atoms with E-state index >= 15 is 0 Å². The molecule has 0 atom stereocenters. The molecule has 2 heterocycles. The van der Waals surface area contributed by atoms with Crippen molar-refractivity contribution in [3.05, 3.63) is 187 Å². The molecule has 10 aromatic carbocycles. The highest BCUT2D eigenvalue weighted by Crippen LogP contribution is 2.59. The molecule has 0 aliphatic heterocycles. The largest absolute Gasteiger partial charge is 0.278 e. The van der Waals surface area contributed by atoms with Crippen LogP contribution < -0.4 is 0 Å². The first-order valence-electron chi connectivity index (χ1n) is 20.2. The minimum atomic E-state index is -0.393. The number of rotatable bonds is 2. The number of benzene rings is 10. The van der Waals surface area contributed by atoms with Crippen LogP contribution in [0.4, 0.5) is 0 Å². The van der Waals surface area contributed by atoms with Crippen molar-refractivity contribution < 1.29 is 0 Å². The maximum Gasteiger partial charge on any atom is 0.235 e. The molecule has 58 heavy (non-hydrogen) atoms. The molecular formula is C55H35N3. The quantitative estimate of drug-likeness (QED) is 0.165. The average Bonchev–Trinajstić information content (AvgIpc) is 3.74.